The van der Waals surface area contributed by atoms with Crippen LogP contribution in [0.5, 0.6) is 0 Å². The Bertz CT molecular complexity index is 752. The zero-order chi connectivity index (χ0) is 17.4. The third-order valence-corrected chi connectivity index (χ3v) is 7.42. The molecular formula is C20H20Cl2O3. The number of carbonyl (C=O) groups excluding carboxylic acids is 2. The third kappa shape index (κ3) is 2.39. The van der Waals surface area contributed by atoms with Gasteiger partial charge in [-0.1, -0.05) is 29.3 Å². The number of halogens is 2. The summed E-state index contributed by atoms with van der Waals surface area (Å²) in [4.78, 5) is 24.2. The predicted octanol–water partition coefficient (Wildman–Crippen LogP) is 4.57. The van der Waals surface area contributed by atoms with Gasteiger partial charge in [-0.3, -0.25) is 4.79 Å². The molecule has 25 heavy (non-hydrogen) atoms. The molecule has 4 fully saturated rings. The number of Topliss-reactive ketones (excluding diaryl/α,β-unsaturated/α-hetero) is 1. The van der Waals surface area contributed by atoms with Gasteiger partial charge < -0.3 is 4.74 Å². The van der Waals surface area contributed by atoms with Crippen molar-refractivity contribution in [2.45, 2.75) is 55.4 Å². The second kappa shape index (κ2) is 5.23. The van der Waals surface area contributed by atoms with Crippen LogP contribution in [0.4, 0.5) is 0 Å². The second-order valence-electron chi connectivity index (χ2n) is 8.60. The van der Waals surface area contributed by atoms with Crippen LogP contribution >= 0.6 is 23.2 Å². The Morgan fingerprint density at radius 2 is 1.68 bits per heavy atom. The lowest BCUT2D eigenvalue weighted by atomic mass is 9.54. The summed E-state index contributed by atoms with van der Waals surface area (Å²) in [5, 5.41) is 0.475. The Labute approximate surface area is 157 Å². The normalized spacial score (nSPS) is 41.0. The molecule has 1 aromatic rings. The van der Waals surface area contributed by atoms with Gasteiger partial charge in [0.25, 0.3) is 0 Å². The van der Waals surface area contributed by atoms with E-state index in [9.17, 15) is 9.59 Å². The van der Waals surface area contributed by atoms with Crippen molar-refractivity contribution in [2.75, 3.05) is 0 Å². The molecule has 4 saturated carbocycles. The summed E-state index contributed by atoms with van der Waals surface area (Å²) in [5.74, 6) is 1.07. The average Bonchev–Trinajstić information content (AvgIpc) is 2.78. The van der Waals surface area contributed by atoms with Gasteiger partial charge in [0.1, 0.15) is 5.60 Å². The standard InChI is InChI=1S/C20H20Cl2O3/c21-15-2-1-14-10-20(22,17(23)16(14)6-15)18(24)25-19-7-11-3-12(8-19)5-13(4-11)9-19/h1-2,6,11-13H,3-5,7-10H2. The van der Waals surface area contributed by atoms with Crippen LogP contribution in [0.1, 0.15) is 54.4 Å². The van der Waals surface area contributed by atoms with E-state index in [-0.39, 0.29) is 17.8 Å². The van der Waals surface area contributed by atoms with Crippen molar-refractivity contribution >= 4 is 35.0 Å². The number of ether oxygens (including phenoxy) is 1. The number of fused-ring (bicyclic) bond motifs is 1. The predicted molar refractivity (Wildman–Crippen MR) is 95.1 cm³/mol. The molecule has 6 rings (SSSR count). The summed E-state index contributed by atoms with van der Waals surface area (Å²) in [6.07, 6.45) is 6.80. The maximum Gasteiger partial charge on any atom is 0.336 e. The van der Waals surface area contributed by atoms with E-state index in [1.54, 1.807) is 18.2 Å². The molecule has 1 aromatic carbocycles. The van der Waals surface area contributed by atoms with Crippen LogP contribution in [-0.4, -0.2) is 22.2 Å². The van der Waals surface area contributed by atoms with Gasteiger partial charge in [-0.2, -0.15) is 0 Å². The highest BCUT2D eigenvalue weighted by Gasteiger charge is 2.57. The van der Waals surface area contributed by atoms with E-state index in [1.807, 2.05) is 0 Å². The van der Waals surface area contributed by atoms with E-state index in [0.29, 0.717) is 28.3 Å². The number of benzene rings is 1. The molecule has 5 aliphatic rings. The molecule has 3 nitrogen and oxygen atoms in total. The topological polar surface area (TPSA) is 43.4 Å². The summed E-state index contributed by atoms with van der Waals surface area (Å²) in [6.45, 7) is 0. The molecule has 0 heterocycles. The molecule has 0 amide bonds. The van der Waals surface area contributed by atoms with Crippen molar-refractivity contribution in [3.8, 4) is 0 Å². The van der Waals surface area contributed by atoms with E-state index < -0.39 is 10.8 Å². The van der Waals surface area contributed by atoms with Crippen molar-refractivity contribution in [3.63, 3.8) is 0 Å². The fraction of sp³-hybridized carbons (Fsp3) is 0.600. The molecule has 132 valence electrons. The zero-order valence-corrected chi connectivity index (χ0v) is 15.4. The first-order valence-corrected chi connectivity index (χ1v) is 9.88. The van der Waals surface area contributed by atoms with Gasteiger partial charge in [0.2, 0.25) is 4.87 Å². The van der Waals surface area contributed by atoms with Crippen molar-refractivity contribution < 1.29 is 14.3 Å². The summed E-state index contributed by atoms with van der Waals surface area (Å²) in [6, 6.07) is 5.10. The zero-order valence-electron chi connectivity index (χ0n) is 13.9. The van der Waals surface area contributed by atoms with Crippen LogP contribution in [0.2, 0.25) is 5.02 Å². The van der Waals surface area contributed by atoms with Crippen molar-refractivity contribution in [1.29, 1.82) is 0 Å². The van der Waals surface area contributed by atoms with Gasteiger partial charge in [0, 0.05) is 17.0 Å². The monoisotopic (exact) mass is 378 g/mol. The van der Waals surface area contributed by atoms with Crippen molar-refractivity contribution in [3.05, 3.63) is 34.3 Å². The van der Waals surface area contributed by atoms with Gasteiger partial charge in [-0.15, -0.1) is 0 Å². The Hall–Kier alpha value is -1.06. The SMILES string of the molecule is O=C(OC12CC3CC(CC(C3)C1)C2)C1(Cl)Cc2ccc(Cl)cc2C1=O. The van der Waals surface area contributed by atoms with Gasteiger partial charge in [0.05, 0.1) is 0 Å². The maximum atomic E-state index is 13.0. The number of carbonyl (C=O) groups is 2. The van der Waals surface area contributed by atoms with E-state index in [0.717, 1.165) is 24.8 Å². The van der Waals surface area contributed by atoms with Gasteiger partial charge in [0.15, 0.2) is 5.78 Å². The summed E-state index contributed by atoms with van der Waals surface area (Å²) in [5.41, 5.74) is 0.831. The van der Waals surface area contributed by atoms with Crippen LogP contribution in [-0.2, 0) is 16.0 Å². The first-order chi connectivity index (χ1) is 11.9. The van der Waals surface area contributed by atoms with E-state index in [2.05, 4.69) is 0 Å². The van der Waals surface area contributed by atoms with Crippen LogP contribution in [0.3, 0.4) is 0 Å². The minimum atomic E-state index is -1.63. The minimum absolute atomic E-state index is 0.186. The van der Waals surface area contributed by atoms with Crippen molar-refractivity contribution in [2.24, 2.45) is 17.8 Å². The molecule has 0 aromatic heterocycles. The molecule has 0 spiro atoms. The fourth-order valence-electron chi connectivity index (χ4n) is 6.07. The van der Waals surface area contributed by atoms with Gasteiger partial charge in [-0.25, -0.2) is 4.79 Å². The number of ketones is 1. The average molecular weight is 379 g/mol. The molecule has 4 bridgehead atoms. The maximum absolute atomic E-state index is 13.0. The number of alkyl halides is 1. The first kappa shape index (κ1) is 16.1. The molecule has 5 heteroatoms. The number of rotatable bonds is 2. The third-order valence-electron chi connectivity index (χ3n) is 6.73. The van der Waals surface area contributed by atoms with Gasteiger partial charge >= 0.3 is 5.97 Å². The van der Waals surface area contributed by atoms with E-state index in [1.165, 1.54) is 19.3 Å². The highest BCUT2D eigenvalue weighted by molar-refractivity contribution is 6.49. The molecule has 0 radical (unpaired) electrons. The molecule has 1 atom stereocenters. The largest absolute Gasteiger partial charge is 0.457 e. The lowest BCUT2D eigenvalue weighted by molar-refractivity contribution is -0.188. The number of esters is 1. The van der Waals surface area contributed by atoms with Crippen molar-refractivity contribution in [1.82, 2.24) is 0 Å². The Kier molecular flexibility index (Phi) is 3.38. The summed E-state index contributed by atoms with van der Waals surface area (Å²) >= 11 is 12.6. The highest BCUT2D eigenvalue weighted by atomic mass is 35.5. The fourth-order valence-corrected chi connectivity index (χ4v) is 6.53. The molecule has 1 unspecified atom stereocenters. The van der Waals surface area contributed by atoms with E-state index in [4.69, 9.17) is 27.9 Å². The van der Waals surface area contributed by atoms with Crippen LogP contribution in [0, 0.1) is 17.8 Å². The quantitative estimate of drug-likeness (QED) is 0.430. The molecule has 0 saturated heterocycles. The summed E-state index contributed by atoms with van der Waals surface area (Å²) < 4.78 is 6.04. The number of hydrogen-bond donors (Lipinski definition) is 0. The Balaban J connectivity index is 1.41. The molecular weight excluding hydrogens is 359 g/mol. The van der Waals surface area contributed by atoms with Crippen LogP contribution < -0.4 is 0 Å². The first-order valence-electron chi connectivity index (χ1n) is 9.12. The summed E-state index contributed by atoms with van der Waals surface area (Å²) in [7, 11) is 0. The molecule has 5 aliphatic carbocycles. The van der Waals surface area contributed by atoms with Crippen LogP contribution in [0.15, 0.2) is 18.2 Å². The Morgan fingerprint density at radius 3 is 2.28 bits per heavy atom. The number of hydrogen-bond acceptors (Lipinski definition) is 3. The van der Waals surface area contributed by atoms with E-state index >= 15 is 0 Å². The van der Waals surface area contributed by atoms with Crippen LogP contribution in [0.25, 0.3) is 0 Å². The lowest BCUT2D eigenvalue weighted by Gasteiger charge is -2.56. The molecule has 0 N–H and O–H groups in total. The highest BCUT2D eigenvalue weighted by Crippen LogP contribution is 2.57. The minimum Gasteiger partial charge on any atom is -0.457 e. The lowest BCUT2D eigenvalue weighted by Crippen LogP contribution is -2.55. The molecule has 0 aliphatic heterocycles. The smallest absolute Gasteiger partial charge is 0.336 e. The Morgan fingerprint density at radius 1 is 1.08 bits per heavy atom. The second-order valence-corrected chi connectivity index (χ2v) is 9.68. The van der Waals surface area contributed by atoms with Gasteiger partial charge in [-0.05, 0) is 74.0 Å².